The van der Waals surface area contributed by atoms with Crippen molar-refractivity contribution < 1.29 is 25.8 Å². The van der Waals surface area contributed by atoms with E-state index in [1.165, 1.54) is 50.2 Å². The van der Waals surface area contributed by atoms with Gasteiger partial charge < -0.3 is 19.1 Å². The number of aromatic nitrogens is 2. The number of hydrogen-bond acceptors (Lipinski definition) is 4. The van der Waals surface area contributed by atoms with Crippen molar-refractivity contribution >= 4 is 33.2 Å². The molecule has 0 N–H and O–H groups in total. The van der Waals surface area contributed by atoms with E-state index in [4.69, 9.17) is 9.72 Å². The van der Waals surface area contributed by atoms with E-state index in [1.807, 2.05) is 6.20 Å². The zero-order valence-electron chi connectivity index (χ0n) is 48.9. The van der Waals surface area contributed by atoms with Gasteiger partial charge in [0.25, 0.3) is 0 Å². The van der Waals surface area contributed by atoms with E-state index >= 15 is 0 Å². The number of rotatable bonds is 9. The van der Waals surface area contributed by atoms with Crippen molar-refractivity contribution in [3.05, 3.63) is 209 Å². The maximum absolute atomic E-state index is 7.23. The number of benzene rings is 6. The molecule has 1 aliphatic heterocycles. The zero-order chi connectivity index (χ0) is 54.4. The van der Waals surface area contributed by atoms with Crippen molar-refractivity contribution in [3.63, 3.8) is 0 Å². The molecular formula is C70H81N4OPt-3. The van der Waals surface area contributed by atoms with Crippen LogP contribution in [-0.2, 0) is 48.1 Å². The van der Waals surface area contributed by atoms with Crippen molar-refractivity contribution in [2.45, 2.75) is 159 Å². The molecule has 6 heteroatoms. The number of para-hydroxylation sites is 1. The van der Waals surface area contributed by atoms with Crippen molar-refractivity contribution in [2.24, 2.45) is 10.8 Å². The van der Waals surface area contributed by atoms with Crippen LogP contribution in [0.5, 0.6) is 11.5 Å². The SMILES string of the molecule is CC(C)(C)C1=C(C(C)(C)C)N(c2cc(C(C)(C)c3ccccc3)cc(C(C)(C)c3ccccc3)c2)[CH-]N1c1[c-]c(Oc2[c-]c3c(c(C(C)(C)C)c2)c2ccccc2n3-c2cc(C(C)(C)C)ccn2)cc(C(C)(C)C)c1.[Pt]. The molecule has 0 spiro atoms. The van der Waals surface area contributed by atoms with E-state index in [1.54, 1.807) is 0 Å². The van der Waals surface area contributed by atoms with Crippen LogP contribution in [0, 0.1) is 29.6 Å². The summed E-state index contributed by atoms with van der Waals surface area (Å²) in [6.07, 6.45) is 1.94. The molecule has 5 nitrogen and oxygen atoms in total. The van der Waals surface area contributed by atoms with Crippen LogP contribution in [-0.4, -0.2) is 9.55 Å². The number of hydrogen-bond donors (Lipinski definition) is 0. The Hall–Kier alpha value is -5.90. The Morgan fingerprint density at radius 2 is 0.961 bits per heavy atom. The Balaban J connectivity index is 0.00000765. The quantitative estimate of drug-likeness (QED) is 0.135. The number of nitrogens with zero attached hydrogens (tertiary/aromatic N) is 4. The second kappa shape index (κ2) is 19.8. The van der Waals surface area contributed by atoms with Crippen LogP contribution in [0.2, 0.25) is 0 Å². The van der Waals surface area contributed by atoms with Crippen LogP contribution >= 0.6 is 0 Å². The fraction of sp³-hybridized carbons (Fsp3) is 0.371. The first-order valence-corrected chi connectivity index (χ1v) is 27.0. The van der Waals surface area contributed by atoms with Gasteiger partial charge in [-0.1, -0.05) is 227 Å². The van der Waals surface area contributed by atoms with Crippen molar-refractivity contribution in [1.82, 2.24) is 9.55 Å². The summed E-state index contributed by atoms with van der Waals surface area (Å²) in [7, 11) is 0. The van der Waals surface area contributed by atoms with Gasteiger partial charge in [-0.2, -0.15) is 0 Å². The van der Waals surface area contributed by atoms with E-state index in [0.29, 0.717) is 11.5 Å². The average molecular weight is 1190 g/mol. The number of anilines is 2. The molecule has 8 aromatic rings. The summed E-state index contributed by atoms with van der Waals surface area (Å²) in [6.45, 7) is 46.3. The molecule has 0 amide bonds. The maximum atomic E-state index is 7.23. The molecule has 76 heavy (non-hydrogen) atoms. The van der Waals surface area contributed by atoms with Crippen molar-refractivity contribution in [2.75, 3.05) is 9.80 Å². The molecule has 1 aliphatic rings. The Kier molecular flexibility index (Phi) is 14.7. The van der Waals surface area contributed by atoms with Gasteiger partial charge in [0.1, 0.15) is 5.82 Å². The minimum Gasteiger partial charge on any atom is -0.509 e. The number of allylic oxidation sites excluding steroid dienone is 2. The van der Waals surface area contributed by atoms with Gasteiger partial charge in [0.2, 0.25) is 0 Å². The number of fused-ring (bicyclic) bond motifs is 3. The molecule has 0 radical (unpaired) electrons. The summed E-state index contributed by atoms with van der Waals surface area (Å²) < 4.78 is 9.50. The van der Waals surface area contributed by atoms with Crippen LogP contribution in [0.25, 0.3) is 27.6 Å². The fourth-order valence-electron chi connectivity index (χ4n) is 10.9. The monoisotopic (exact) mass is 1190 g/mol. The largest absolute Gasteiger partial charge is 0.509 e. The van der Waals surface area contributed by atoms with Gasteiger partial charge in [0, 0.05) is 83.0 Å². The van der Waals surface area contributed by atoms with Gasteiger partial charge in [-0.05, 0) is 79.8 Å². The summed E-state index contributed by atoms with van der Waals surface area (Å²) in [5.74, 6) is 2.14. The van der Waals surface area contributed by atoms with E-state index < -0.39 is 0 Å². The fourth-order valence-corrected chi connectivity index (χ4v) is 10.9. The normalized spacial score (nSPS) is 14.2. The van der Waals surface area contributed by atoms with E-state index in [2.05, 4.69) is 298 Å². The molecule has 0 unspecified atom stereocenters. The standard InChI is InChI=1S/C70H81N4O.Pt/c1-64(2,3)48-34-35-71-60(41-48)74-58-33-27-26-32-56(58)61-57(66(7,8)9)43-55(44-59(61)74)75-54-40-49(65(4,5)6)37-53(42-54)73-45-72(62(67(10,11)12)63(73)68(13,14)15)52-38-50(69(16,17)46-28-22-20-23-29-46)36-51(39-52)70(18,19)47-30-24-21-25-31-47;/h20-41,43,45H,1-19H3;/q-3;. The maximum Gasteiger partial charge on any atom is 0.135 e. The minimum absolute atomic E-state index is 0. The second-order valence-electron chi connectivity index (χ2n) is 27.3. The van der Waals surface area contributed by atoms with E-state index in [9.17, 15) is 0 Å². The summed E-state index contributed by atoms with van der Waals surface area (Å²) in [6, 6.07) is 56.6. The summed E-state index contributed by atoms with van der Waals surface area (Å²) in [5.41, 5.74) is 13.6. The number of pyridine rings is 1. The molecule has 9 rings (SSSR count). The van der Waals surface area contributed by atoms with Gasteiger partial charge >= 0.3 is 0 Å². The van der Waals surface area contributed by atoms with Gasteiger partial charge in [-0.15, -0.1) is 53.8 Å². The van der Waals surface area contributed by atoms with Crippen molar-refractivity contribution in [1.29, 1.82) is 0 Å². The topological polar surface area (TPSA) is 33.5 Å². The molecule has 0 atom stereocenters. The average Bonchev–Trinajstić information content (AvgIpc) is 3.96. The van der Waals surface area contributed by atoms with Gasteiger partial charge in [0.05, 0.1) is 0 Å². The molecule has 2 aromatic heterocycles. The summed E-state index contributed by atoms with van der Waals surface area (Å²) >= 11 is 0. The predicted octanol–water partition coefficient (Wildman–Crippen LogP) is 18.9. The molecule has 6 aromatic carbocycles. The van der Waals surface area contributed by atoms with Crippen LogP contribution in [0.15, 0.2) is 151 Å². The first-order chi connectivity index (χ1) is 34.8. The third kappa shape index (κ3) is 10.7. The van der Waals surface area contributed by atoms with Crippen LogP contribution in [0.3, 0.4) is 0 Å². The van der Waals surface area contributed by atoms with Crippen molar-refractivity contribution in [3.8, 4) is 17.3 Å². The Bertz CT molecular complexity index is 3380. The number of ether oxygens (including phenoxy) is 1. The van der Waals surface area contributed by atoms with Gasteiger partial charge in [-0.3, -0.25) is 0 Å². The van der Waals surface area contributed by atoms with E-state index in [-0.39, 0.29) is 59.0 Å². The third-order valence-electron chi connectivity index (χ3n) is 15.5. The molecule has 0 saturated carbocycles. The van der Waals surface area contributed by atoms with Gasteiger partial charge in [0.15, 0.2) is 0 Å². The van der Waals surface area contributed by atoms with Gasteiger partial charge in [-0.25, -0.2) is 4.98 Å². The first-order valence-electron chi connectivity index (χ1n) is 27.0. The zero-order valence-corrected chi connectivity index (χ0v) is 51.1. The van der Waals surface area contributed by atoms with Crippen LogP contribution in [0.4, 0.5) is 11.4 Å². The molecule has 0 aliphatic carbocycles. The smallest absolute Gasteiger partial charge is 0.135 e. The molecule has 0 bridgehead atoms. The third-order valence-corrected chi connectivity index (χ3v) is 15.5. The Morgan fingerprint density at radius 1 is 0.447 bits per heavy atom. The van der Waals surface area contributed by atoms with E-state index in [0.717, 1.165) is 39.2 Å². The molecule has 3 heterocycles. The molecule has 0 saturated heterocycles. The molecular weight excluding hydrogens is 1110 g/mol. The summed E-state index contributed by atoms with van der Waals surface area (Å²) in [5, 5.41) is 2.33. The Morgan fingerprint density at radius 3 is 1.49 bits per heavy atom. The second-order valence-corrected chi connectivity index (χ2v) is 27.3. The molecule has 400 valence electrons. The first kappa shape index (κ1) is 56.3. The molecule has 0 fully saturated rings. The summed E-state index contributed by atoms with van der Waals surface area (Å²) in [4.78, 5) is 9.89. The predicted molar refractivity (Wildman–Crippen MR) is 318 cm³/mol. The Labute approximate surface area is 471 Å². The minimum atomic E-state index is -0.286. The van der Waals surface area contributed by atoms with Crippen LogP contribution < -0.4 is 14.5 Å². The van der Waals surface area contributed by atoms with Crippen LogP contribution in [0.1, 0.15) is 170 Å².